The quantitative estimate of drug-likeness (QED) is 0.751. The molecule has 21 heavy (non-hydrogen) atoms. The molecule has 108 valence electrons. The molecule has 0 saturated heterocycles. The highest BCUT2D eigenvalue weighted by Crippen LogP contribution is 2.25. The van der Waals surface area contributed by atoms with Crippen LogP contribution in [-0.4, -0.2) is 14.8 Å². The normalized spacial score (nSPS) is 13.7. The van der Waals surface area contributed by atoms with Crippen LogP contribution in [0.3, 0.4) is 0 Å². The van der Waals surface area contributed by atoms with Gasteiger partial charge in [-0.2, -0.15) is 0 Å². The zero-order valence-corrected chi connectivity index (χ0v) is 12.3. The summed E-state index contributed by atoms with van der Waals surface area (Å²) >= 11 is 0. The Morgan fingerprint density at radius 1 is 1.10 bits per heavy atom. The molecule has 2 aromatic heterocycles. The van der Waals surface area contributed by atoms with E-state index in [9.17, 15) is 4.79 Å². The highest BCUT2D eigenvalue weighted by Gasteiger charge is 2.18. The Hall–Kier alpha value is -2.07. The van der Waals surface area contributed by atoms with Gasteiger partial charge in [-0.25, -0.2) is 4.68 Å². The number of halogens is 1. The molecule has 0 radical (unpaired) electrons. The fraction of sp³-hybridized carbons (Fsp3) is 0.250. The van der Waals surface area contributed by atoms with Crippen LogP contribution in [0.25, 0.3) is 16.6 Å². The van der Waals surface area contributed by atoms with Crippen LogP contribution >= 0.6 is 12.4 Å². The van der Waals surface area contributed by atoms with Crippen LogP contribution in [0, 0.1) is 0 Å². The van der Waals surface area contributed by atoms with Crippen LogP contribution in [0.1, 0.15) is 24.1 Å². The number of pyridine rings is 1. The van der Waals surface area contributed by atoms with E-state index in [1.54, 1.807) is 10.9 Å². The molecular formula is C16H16ClN3O. The van der Waals surface area contributed by atoms with Crippen molar-refractivity contribution < 1.29 is 0 Å². The number of H-pyrrole nitrogens is 1. The minimum atomic E-state index is -0.0212. The van der Waals surface area contributed by atoms with Gasteiger partial charge in [-0.15, -0.1) is 12.4 Å². The highest BCUT2D eigenvalue weighted by molar-refractivity contribution is 5.85. The van der Waals surface area contributed by atoms with Crippen LogP contribution in [0.2, 0.25) is 0 Å². The van der Waals surface area contributed by atoms with E-state index in [1.165, 1.54) is 18.4 Å². The Kier molecular flexibility index (Phi) is 3.55. The molecule has 0 fully saturated rings. The number of rotatable bonds is 1. The first-order valence-electron chi connectivity index (χ1n) is 7.01. The van der Waals surface area contributed by atoms with Gasteiger partial charge in [-0.05, 0) is 43.4 Å². The highest BCUT2D eigenvalue weighted by atomic mass is 35.5. The number of nitrogens with zero attached hydrogens (tertiary/aromatic N) is 2. The van der Waals surface area contributed by atoms with Crippen LogP contribution in [0.5, 0.6) is 0 Å². The summed E-state index contributed by atoms with van der Waals surface area (Å²) in [5.74, 6) is 0. The van der Waals surface area contributed by atoms with Gasteiger partial charge in [-0.1, -0.05) is 18.2 Å². The molecule has 1 aliphatic carbocycles. The smallest absolute Gasteiger partial charge is 0.280 e. The maximum Gasteiger partial charge on any atom is 0.280 e. The molecule has 2 heterocycles. The van der Waals surface area contributed by atoms with E-state index in [0.29, 0.717) is 5.39 Å². The summed E-state index contributed by atoms with van der Waals surface area (Å²) in [5.41, 5.74) is 4.17. The first kappa shape index (κ1) is 13.9. The van der Waals surface area contributed by atoms with Crippen LogP contribution in [0.15, 0.2) is 41.3 Å². The van der Waals surface area contributed by atoms with E-state index in [-0.39, 0.29) is 18.0 Å². The number of aryl methyl sites for hydroxylation is 2. The molecule has 0 bridgehead atoms. The second-order valence-corrected chi connectivity index (χ2v) is 5.27. The molecule has 0 atom stereocenters. The minimum Gasteiger partial charge on any atom is -0.290 e. The Morgan fingerprint density at radius 2 is 1.86 bits per heavy atom. The van der Waals surface area contributed by atoms with Crippen molar-refractivity contribution in [3.63, 3.8) is 0 Å². The van der Waals surface area contributed by atoms with Gasteiger partial charge in [0, 0.05) is 11.9 Å². The number of nitrogens with one attached hydrogen (secondary N) is 1. The van der Waals surface area contributed by atoms with Gasteiger partial charge >= 0.3 is 0 Å². The van der Waals surface area contributed by atoms with E-state index < -0.39 is 0 Å². The van der Waals surface area contributed by atoms with E-state index >= 15 is 0 Å². The van der Waals surface area contributed by atoms with Crippen molar-refractivity contribution >= 4 is 23.3 Å². The second-order valence-electron chi connectivity index (χ2n) is 5.27. The average molecular weight is 302 g/mol. The van der Waals surface area contributed by atoms with Crippen molar-refractivity contribution in [3.05, 3.63) is 58.1 Å². The number of hydrogen-bond acceptors (Lipinski definition) is 2. The van der Waals surface area contributed by atoms with Gasteiger partial charge in [0.1, 0.15) is 0 Å². The first-order chi connectivity index (χ1) is 9.84. The summed E-state index contributed by atoms with van der Waals surface area (Å²) in [7, 11) is 0. The molecule has 0 unspecified atom stereocenters. The van der Waals surface area contributed by atoms with Gasteiger partial charge in [0.25, 0.3) is 5.56 Å². The SMILES string of the molecule is Cl.O=c1c2cnc3c(c2[nH]n1-c1ccccc1)CCCC3. The number of aromatic amines is 1. The lowest BCUT2D eigenvalue weighted by atomic mass is 9.95. The number of para-hydroxylation sites is 1. The molecule has 1 N–H and O–H groups in total. The predicted octanol–water partition coefficient (Wildman–Crippen LogP) is 3.01. The van der Waals surface area contributed by atoms with Crippen molar-refractivity contribution in [3.8, 4) is 5.69 Å². The molecule has 5 heteroatoms. The molecule has 1 aliphatic rings. The maximum absolute atomic E-state index is 12.5. The fourth-order valence-electron chi connectivity index (χ4n) is 3.00. The summed E-state index contributed by atoms with van der Waals surface area (Å²) < 4.78 is 1.61. The molecule has 0 saturated carbocycles. The van der Waals surface area contributed by atoms with E-state index in [2.05, 4.69) is 10.1 Å². The lowest BCUT2D eigenvalue weighted by molar-refractivity contribution is 0.671. The van der Waals surface area contributed by atoms with Crippen molar-refractivity contribution in [1.82, 2.24) is 14.8 Å². The van der Waals surface area contributed by atoms with Crippen molar-refractivity contribution in [2.24, 2.45) is 0 Å². The standard InChI is InChI=1S/C16H15N3O.ClH/c20-16-13-10-17-14-9-5-4-8-12(14)15(13)18-19(16)11-6-2-1-3-7-11;/h1-3,6-7,10,18H,4-5,8-9H2;1H. The number of fused-ring (bicyclic) bond motifs is 3. The molecule has 4 nitrogen and oxygen atoms in total. The Morgan fingerprint density at radius 3 is 2.67 bits per heavy atom. The monoisotopic (exact) mass is 301 g/mol. The molecule has 4 rings (SSSR count). The van der Waals surface area contributed by atoms with Crippen LogP contribution in [-0.2, 0) is 12.8 Å². The Bertz CT molecular complexity index is 836. The topological polar surface area (TPSA) is 50.7 Å². The summed E-state index contributed by atoms with van der Waals surface area (Å²) in [6.07, 6.45) is 6.11. The van der Waals surface area contributed by atoms with Gasteiger partial charge in [0.15, 0.2) is 0 Å². The van der Waals surface area contributed by atoms with E-state index in [0.717, 1.165) is 29.7 Å². The summed E-state index contributed by atoms with van der Waals surface area (Å²) in [4.78, 5) is 17.0. The lowest BCUT2D eigenvalue weighted by Gasteiger charge is -2.14. The third kappa shape index (κ3) is 2.16. The van der Waals surface area contributed by atoms with E-state index in [4.69, 9.17) is 0 Å². The molecule has 1 aromatic carbocycles. The van der Waals surface area contributed by atoms with Crippen molar-refractivity contribution in [2.75, 3.05) is 0 Å². The molecule has 0 amide bonds. The van der Waals surface area contributed by atoms with Gasteiger partial charge in [0.05, 0.1) is 16.6 Å². The second kappa shape index (κ2) is 5.37. The average Bonchev–Trinajstić information content (AvgIpc) is 2.86. The fourth-order valence-corrected chi connectivity index (χ4v) is 3.00. The predicted molar refractivity (Wildman–Crippen MR) is 85.6 cm³/mol. The maximum atomic E-state index is 12.5. The number of aromatic nitrogens is 3. The molecule has 0 aliphatic heterocycles. The molecule has 0 spiro atoms. The number of benzene rings is 1. The number of hydrogen-bond donors (Lipinski definition) is 1. The van der Waals surface area contributed by atoms with Crippen LogP contribution < -0.4 is 5.56 Å². The Balaban J connectivity index is 0.00000132. The zero-order chi connectivity index (χ0) is 13.5. The lowest BCUT2D eigenvalue weighted by Crippen LogP contribution is -2.14. The summed E-state index contributed by atoms with van der Waals surface area (Å²) in [6, 6.07) is 9.66. The van der Waals surface area contributed by atoms with E-state index in [1.807, 2.05) is 30.3 Å². The van der Waals surface area contributed by atoms with Gasteiger partial charge in [-0.3, -0.25) is 14.9 Å². The van der Waals surface area contributed by atoms with Crippen molar-refractivity contribution in [1.29, 1.82) is 0 Å². The van der Waals surface area contributed by atoms with Gasteiger partial charge < -0.3 is 0 Å². The summed E-state index contributed by atoms with van der Waals surface area (Å²) in [5, 5.41) is 3.96. The summed E-state index contributed by atoms with van der Waals surface area (Å²) in [6.45, 7) is 0. The molecule has 3 aromatic rings. The largest absolute Gasteiger partial charge is 0.290 e. The molecular weight excluding hydrogens is 286 g/mol. The van der Waals surface area contributed by atoms with Crippen LogP contribution in [0.4, 0.5) is 0 Å². The third-order valence-electron chi connectivity index (χ3n) is 4.03. The van der Waals surface area contributed by atoms with Gasteiger partial charge in [0.2, 0.25) is 0 Å². The third-order valence-corrected chi connectivity index (χ3v) is 4.03. The Labute approximate surface area is 128 Å². The minimum absolute atomic E-state index is 0. The first-order valence-corrected chi connectivity index (χ1v) is 7.01. The zero-order valence-electron chi connectivity index (χ0n) is 11.5. The van der Waals surface area contributed by atoms with Crippen molar-refractivity contribution in [2.45, 2.75) is 25.7 Å².